The smallest absolute Gasteiger partial charge is 0.202 e. The molecule has 0 amide bonds. The van der Waals surface area contributed by atoms with Crippen molar-refractivity contribution >= 4 is 28.4 Å². The van der Waals surface area contributed by atoms with Gasteiger partial charge in [-0.1, -0.05) is 0 Å². The van der Waals surface area contributed by atoms with Crippen molar-refractivity contribution in [3.63, 3.8) is 0 Å². The third kappa shape index (κ3) is 1.86. The maximum absolute atomic E-state index is 5.97. The Balaban J connectivity index is 2.10. The Hall–Kier alpha value is -1.88. The highest BCUT2D eigenvalue weighted by molar-refractivity contribution is 7.11. The van der Waals surface area contributed by atoms with Crippen LogP contribution in [0.1, 0.15) is 15.4 Å². The summed E-state index contributed by atoms with van der Waals surface area (Å²) in [6.45, 7) is 4.81. The fourth-order valence-corrected chi connectivity index (χ4v) is 2.88. The second-order valence-electron chi connectivity index (χ2n) is 4.36. The van der Waals surface area contributed by atoms with Crippen LogP contribution in [0.4, 0.5) is 5.95 Å². The predicted octanol–water partition coefficient (Wildman–Crippen LogP) is 2.74. The van der Waals surface area contributed by atoms with Crippen LogP contribution >= 0.6 is 11.3 Å². The van der Waals surface area contributed by atoms with E-state index in [0.717, 1.165) is 23.4 Å². The van der Waals surface area contributed by atoms with Crippen molar-refractivity contribution in [1.29, 1.82) is 0 Å². The van der Waals surface area contributed by atoms with Crippen LogP contribution in [0.15, 0.2) is 24.3 Å². The van der Waals surface area contributed by atoms with Crippen molar-refractivity contribution in [3.8, 4) is 0 Å². The van der Waals surface area contributed by atoms with E-state index in [0.29, 0.717) is 5.95 Å². The maximum atomic E-state index is 5.97. The zero-order valence-corrected chi connectivity index (χ0v) is 11.2. The van der Waals surface area contributed by atoms with E-state index in [1.807, 2.05) is 23.6 Å². The molecule has 0 spiro atoms. The number of nitrogens with zero attached hydrogens (tertiary/aromatic N) is 3. The molecule has 5 heteroatoms. The summed E-state index contributed by atoms with van der Waals surface area (Å²) in [6, 6.07) is 8.16. The summed E-state index contributed by atoms with van der Waals surface area (Å²) in [4.78, 5) is 11.4. The first kappa shape index (κ1) is 11.2. The molecule has 0 aliphatic heterocycles. The van der Waals surface area contributed by atoms with Gasteiger partial charge in [-0.2, -0.15) is 0 Å². The number of nitrogen functional groups attached to an aromatic ring is 1. The Kier molecular flexibility index (Phi) is 2.56. The Morgan fingerprint density at radius 3 is 2.72 bits per heavy atom. The molecule has 0 aliphatic carbocycles. The molecule has 3 aromatic rings. The summed E-state index contributed by atoms with van der Waals surface area (Å²) in [5.41, 5.74) is 8.67. The van der Waals surface area contributed by atoms with Gasteiger partial charge in [0.15, 0.2) is 5.65 Å². The monoisotopic (exact) mass is 258 g/mol. The number of nitrogens with two attached hydrogens (primary N) is 1. The van der Waals surface area contributed by atoms with Gasteiger partial charge in [0.2, 0.25) is 5.95 Å². The SMILES string of the molecule is Cc1ccc2nc(N)n(Cc3ccc(C)s3)c2n1. The highest BCUT2D eigenvalue weighted by Gasteiger charge is 2.10. The zero-order valence-electron chi connectivity index (χ0n) is 10.3. The third-order valence-electron chi connectivity index (χ3n) is 2.87. The molecule has 0 atom stereocenters. The Labute approximate surface area is 109 Å². The summed E-state index contributed by atoms with van der Waals surface area (Å²) < 4.78 is 1.97. The van der Waals surface area contributed by atoms with E-state index in [1.165, 1.54) is 9.75 Å². The van der Waals surface area contributed by atoms with Gasteiger partial charge in [0.25, 0.3) is 0 Å². The van der Waals surface area contributed by atoms with Crippen molar-refractivity contribution in [1.82, 2.24) is 14.5 Å². The van der Waals surface area contributed by atoms with E-state index in [9.17, 15) is 0 Å². The summed E-state index contributed by atoms with van der Waals surface area (Å²) in [7, 11) is 0. The van der Waals surface area contributed by atoms with Gasteiger partial charge < -0.3 is 5.73 Å². The molecule has 4 nitrogen and oxygen atoms in total. The lowest BCUT2D eigenvalue weighted by Gasteiger charge is -2.03. The molecular formula is C13H14N4S. The number of hydrogen-bond donors (Lipinski definition) is 1. The maximum Gasteiger partial charge on any atom is 0.202 e. The van der Waals surface area contributed by atoms with E-state index in [4.69, 9.17) is 5.73 Å². The van der Waals surface area contributed by atoms with Gasteiger partial charge >= 0.3 is 0 Å². The Morgan fingerprint density at radius 1 is 1.17 bits per heavy atom. The molecule has 0 aliphatic rings. The second-order valence-corrected chi connectivity index (χ2v) is 5.74. The third-order valence-corrected chi connectivity index (χ3v) is 3.86. The predicted molar refractivity (Wildman–Crippen MR) is 74.8 cm³/mol. The van der Waals surface area contributed by atoms with E-state index in [1.54, 1.807) is 11.3 Å². The average Bonchev–Trinajstić information content (AvgIpc) is 2.86. The minimum absolute atomic E-state index is 0.522. The van der Waals surface area contributed by atoms with Crippen molar-refractivity contribution in [2.45, 2.75) is 20.4 Å². The number of aromatic nitrogens is 3. The molecule has 0 saturated carbocycles. The normalized spacial score (nSPS) is 11.2. The van der Waals surface area contributed by atoms with Crippen LogP contribution in [0, 0.1) is 13.8 Å². The molecular weight excluding hydrogens is 244 g/mol. The molecule has 0 radical (unpaired) electrons. The summed E-state index contributed by atoms with van der Waals surface area (Å²) in [6.07, 6.45) is 0. The van der Waals surface area contributed by atoms with Crippen molar-refractivity contribution in [2.24, 2.45) is 0 Å². The van der Waals surface area contributed by atoms with E-state index in [-0.39, 0.29) is 0 Å². The minimum Gasteiger partial charge on any atom is -0.369 e. The fourth-order valence-electron chi connectivity index (χ4n) is 2.00. The lowest BCUT2D eigenvalue weighted by atomic mass is 10.3. The second kappa shape index (κ2) is 4.10. The number of aryl methyl sites for hydroxylation is 2. The van der Waals surface area contributed by atoms with Crippen LogP contribution < -0.4 is 5.73 Å². The first-order chi connectivity index (χ1) is 8.63. The van der Waals surface area contributed by atoms with Crippen LogP contribution in [0.25, 0.3) is 11.2 Å². The van der Waals surface area contributed by atoms with Crippen LogP contribution in [-0.4, -0.2) is 14.5 Å². The molecule has 2 N–H and O–H groups in total. The Morgan fingerprint density at radius 2 is 2.00 bits per heavy atom. The van der Waals surface area contributed by atoms with Gasteiger partial charge in [-0.05, 0) is 38.1 Å². The number of hydrogen-bond acceptors (Lipinski definition) is 4. The lowest BCUT2D eigenvalue weighted by molar-refractivity contribution is 0.839. The zero-order chi connectivity index (χ0) is 12.7. The highest BCUT2D eigenvalue weighted by Crippen LogP contribution is 2.21. The van der Waals surface area contributed by atoms with Crippen LogP contribution in [0.5, 0.6) is 0 Å². The number of imidazole rings is 1. The van der Waals surface area contributed by atoms with E-state index < -0.39 is 0 Å². The van der Waals surface area contributed by atoms with E-state index >= 15 is 0 Å². The summed E-state index contributed by atoms with van der Waals surface area (Å²) in [5.74, 6) is 0.522. The van der Waals surface area contributed by atoms with Crippen LogP contribution in [0.2, 0.25) is 0 Å². The van der Waals surface area contributed by atoms with Crippen molar-refractivity contribution in [3.05, 3.63) is 39.7 Å². The number of fused-ring (bicyclic) bond motifs is 1. The molecule has 0 saturated heterocycles. The van der Waals surface area contributed by atoms with Crippen molar-refractivity contribution in [2.75, 3.05) is 5.73 Å². The van der Waals surface area contributed by atoms with Crippen molar-refractivity contribution < 1.29 is 0 Å². The lowest BCUT2D eigenvalue weighted by Crippen LogP contribution is -2.04. The minimum atomic E-state index is 0.522. The molecule has 3 heterocycles. The quantitative estimate of drug-likeness (QED) is 0.769. The number of anilines is 1. The first-order valence-corrected chi connectivity index (χ1v) is 6.60. The molecule has 0 bridgehead atoms. The van der Waals surface area contributed by atoms with Gasteiger partial charge in [0, 0.05) is 15.4 Å². The van der Waals surface area contributed by atoms with Crippen LogP contribution in [0.3, 0.4) is 0 Å². The molecule has 0 unspecified atom stereocenters. The topological polar surface area (TPSA) is 56.7 Å². The van der Waals surface area contributed by atoms with Gasteiger partial charge in [0.1, 0.15) is 5.52 Å². The standard InChI is InChI=1S/C13H14N4S/c1-8-3-6-11-12(15-8)17(13(14)16-11)7-10-5-4-9(2)18-10/h3-6H,7H2,1-2H3,(H2,14,16). The number of rotatable bonds is 2. The first-order valence-electron chi connectivity index (χ1n) is 5.78. The number of thiophene rings is 1. The molecule has 18 heavy (non-hydrogen) atoms. The van der Waals surface area contributed by atoms with Gasteiger partial charge in [0.05, 0.1) is 6.54 Å². The molecule has 92 valence electrons. The summed E-state index contributed by atoms with van der Waals surface area (Å²) >= 11 is 1.78. The molecule has 0 aromatic carbocycles. The molecule has 3 aromatic heterocycles. The largest absolute Gasteiger partial charge is 0.369 e. The van der Waals surface area contributed by atoms with Gasteiger partial charge in [-0.15, -0.1) is 11.3 Å². The molecule has 0 fully saturated rings. The number of pyridine rings is 1. The molecule has 3 rings (SSSR count). The summed E-state index contributed by atoms with van der Waals surface area (Å²) in [5, 5.41) is 0. The highest BCUT2D eigenvalue weighted by atomic mass is 32.1. The van der Waals surface area contributed by atoms with Gasteiger partial charge in [-0.25, -0.2) is 9.97 Å². The van der Waals surface area contributed by atoms with E-state index in [2.05, 4.69) is 29.0 Å². The fraction of sp³-hybridized carbons (Fsp3) is 0.231. The van der Waals surface area contributed by atoms with Crippen LogP contribution in [-0.2, 0) is 6.54 Å². The average molecular weight is 258 g/mol. The Bertz CT molecular complexity index is 711. The van der Waals surface area contributed by atoms with Gasteiger partial charge in [-0.3, -0.25) is 4.57 Å².